The first-order valence-corrected chi connectivity index (χ1v) is 5.08. The number of rotatable bonds is 1. The molecule has 0 saturated carbocycles. The Balaban J connectivity index is 2.58. The summed E-state index contributed by atoms with van der Waals surface area (Å²) < 4.78 is 13.5. The molecule has 0 amide bonds. The van der Waals surface area contributed by atoms with Crippen molar-refractivity contribution in [3.63, 3.8) is 0 Å². The number of nitrogens with zero attached hydrogens (tertiary/aromatic N) is 1. The summed E-state index contributed by atoms with van der Waals surface area (Å²) in [6, 6.07) is 7.32. The van der Waals surface area contributed by atoms with Crippen molar-refractivity contribution < 1.29 is 9.50 Å². The Labute approximate surface area is 97.3 Å². The molecule has 2 rings (SSSR count). The number of aromatic hydroxyl groups is 1. The minimum absolute atomic E-state index is 0.0891. The van der Waals surface area contributed by atoms with Crippen molar-refractivity contribution in [2.75, 3.05) is 0 Å². The summed E-state index contributed by atoms with van der Waals surface area (Å²) in [5.74, 6) is -0.298. The van der Waals surface area contributed by atoms with E-state index in [-0.39, 0.29) is 11.6 Å². The number of hydrogen-bond donors (Lipinski definition) is 1. The molecule has 0 aliphatic rings. The van der Waals surface area contributed by atoms with E-state index in [2.05, 4.69) is 4.98 Å². The van der Waals surface area contributed by atoms with E-state index in [1.165, 1.54) is 24.3 Å². The number of halogens is 2. The van der Waals surface area contributed by atoms with E-state index < -0.39 is 0 Å². The van der Waals surface area contributed by atoms with Crippen molar-refractivity contribution in [1.82, 2.24) is 4.98 Å². The van der Waals surface area contributed by atoms with Crippen LogP contribution in [0, 0.1) is 12.7 Å². The number of pyridine rings is 1. The van der Waals surface area contributed by atoms with Gasteiger partial charge in [0.05, 0.1) is 11.4 Å². The van der Waals surface area contributed by atoms with Crippen molar-refractivity contribution >= 4 is 11.6 Å². The van der Waals surface area contributed by atoms with E-state index in [4.69, 9.17) is 11.6 Å². The molecule has 0 aliphatic carbocycles. The highest BCUT2D eigenvalue weighted by Gasteiger charge is 2.08. The van der Waals surface area contributed by atoms with Crippen molar-refractivity contribution in [2.24, 2.45) is 0 Å². The SMILES string of the molecule is Cc1nc(-c2cc(Cl)ccc2F)ccc1O. The molecule has 1 heterocycles. The van der Waals surface area contributed by atoms with E-state index in [0.29, 0.717) is 22.0 Å². The average Bonchev–Trinajstić information content (AvgIpc) is 2.26. The molecule has 82 valence electrons. The molecule has 0 aliphatic heterocycles. The van der Waals surface area contributed by atoms with Gasteiger partial charge in [-0.15, -0.1) is 0 Å². The highest BCUT2D eigenvalue weighted by Crippen LogP contribution is 2.26. The highest BCUT2D eigenvalue weighted by molar-refractivity contribution is 6.30. The van der Waals surface area contributed by atoms with Gasteiger partial charge in [-0.05, 0) is 37.3 Å². The zero-order valence-electron chi connectivity index (χ0n) is 8.54. The minimum atomic E-state index is -0.387. The molecule has 0 unspecified atom stereocenters. The lowest BCUT2D eigenvalue weighted by molar-refractivity contribution is 0.468. The standard InChI is InChI=1S/C12H9ClFNO/c1-7-12(16)5-4-11(15-7)9-6-8(13)2-3-10(9)14/h2-6,16H,1H3. The number of hydrogen-bond acceptors (Lipinski definition) is 2. The summed E-state index contributed by atoms with van der Waals surface area (Å²) in [5.41, 5.74) is 1.24. The highest BCUT2D eigenvalue weighted by atomic mass is 35.5. The Hall–Kier alpha value is -1.61. The van der Waals surface area contributed by atoms with Crippen LogP contribution in [0.2, 0.25) is 5.02 Å². The molecule has 0 bridgehead atoms. The van der Waals surface area contributed by atoms with Crippen LogP contribution >= 0.6 is 11.6 Å². The lowest BCUT2D eigenvalue weighted by Gasteiger charge is -2.05. The molecule has 0 atom stereocenters. The first kappa shape index (κ1) is 10.9. The predicted octanol–water partition coefficient (Wildman–Crippen LogP) is 3.56. The smallest absolute Gasteiger partial charge is 0.136 e. The normalized spacial score (nSPS) is 10.4. The van der Waals surface area contributed by atoms with E-state index in [0.717, 1.165) is 0 Å². The Morgan fingerprint density at radius 2 is 2.00 bits per heavy atom. The number of aromatic nitrogens is 1. The Morgan fingerprint density at radius 3 is 2.69 bits per heavy atom. The second-order valence-electron chi connectivity index (χ2n) is 3.43. The maximum absolute atomic E-state index is 13.5. The molecule has 2 nitrogen and oxygen atoms in total. The third-order valence-electron chi connectivity index (χ3n) is 2.26. The van der Waals surface area contributed by atoms with Gasteiger partial charge in [0.2, 0.25) is 0 Å². The fraction of sp³-hybridized carbons (Fsp3) is 0.0833. The molecular weight excluding hydrogens is 229 g/mol. The van der Waals surface area contributed by atoms with E-state index in [1.54, 1.807) is 13.0 Å². The molecule has 2 aromatic rings. The Kier molecular flexibility index (Phi) is 2.79. The summed E-state index contributed by atoms with van der Waals surface area (Å²) in [7, 11) is 0. The van der Waals surface area contributed by atoms with Crippen molar-refractivity contribution in [3.8, 4) is 17.0 Å². The Morgan fingerprint density at radius 1 is 1.25 bits per heavy atom. The van der Waals surface area contributed by atoms with Gasteiger partial charge in [-0.1, -0.05) is 11.6 Å². The third kappa shape index (κ3) is 1.99. The van der Waals surface area contributed by atoms with Gasteiger partial charge in [-0.25, -0.2) is 9.37 Å². The molecule has 1 aromatic carbocycles. The molecule has 0 fully saturated rings. The summed E-state index contributed by atoms with van der Waals surface area (Å²) in [6.45, 7) is 1.65. The quantitative estimate of drug-likeness (QED) is 0.823. The van der Waals surface area contributed by atoms with Gasteiger partial charge in [-0.3, -0.25) is 0 Å². The fourth-order valence-corrected chi connectivity index (χ4v) is 1.57. The van der Waals surface area contributed by atoms with Gasteiger partial charge in [0.1, 0.15) is 11.6 Å². The van der Waals surface area contributed by atoms with Crippen LogP contribution in [-0.4, -0.2) is 10.1 Å². The van der Waals surface area contributed by atoms with Crippen LogP contribution < -0.4 is 0 Å². The van der Waals surface area contributed by atoms with E-state index in [1.807, 2.05) is 0 Å². The van der Waals surface area contributed by atoms with Crippen molar-refractivity contribution in [3.05, 3.63) is 46.9 Å². The van der Waals surface area contributed by atoms with Gasteiger partial charge in [0.15, 0.2) is 0 Å². The molecule has 4 heteroatoms. The van der Waals surface area contributed by atoms with Crippen LogP contribution in [0.25, 0.3) is 11.3 Å². The lowest BCUT2D eigenvalue weighted by atomic mass is 10.1. The first-order valence-electron chi connectivity index (χ1n) is 4.70. The maximum Gasteiger partial charge on any atom is 0.136 e. The van der Waals surface area contributed by atoms with Crippen LogP contribution in [0.5, 0.6) is 5.75 Å². The van der Waals surface area contributed by atoms with Gasteiger partial charge in [0.25, 0.3) is 0 Å². The predicted molar refractivity (Wildman–Crippen MR) is 61.0 cm³/mol. The summed E-state index contributed by atoms with van der Waals surface area (Å²) in [4.78, 5) is 4.10. The molecule has 0 radical (unpaired) electrons. The fourth-order valence-electron chi connectivity index (χ4n) is 1.40. The maximum atomic E-state index is 13.5. The van der Waals surface area contributed by atoms with Crippen LogP contribution in [0.4, 0.5) is 4.39 Å². The Bertz CT molecular complexity index is 543. The van der Waals surface area contributed by atoms with Gasteiger partial charge >= 0.3 is 0 Å². The monoisotopic (exact) mass is 237 g/mol. The van der Waals surface area contributed by atoms with Crippen LogP contribution in [-0.2, 0) is 0 Å². The van der Waals surface area contributed by atoms with Crippen molar-refractivity contribution in [2.45, 2.75) is 6.92 Å². The number of benzene rings is 1. The third-order valence-corrected chi connectivity index (χ3v) is 2.50. The molecule has 1 aromatic heterocycles. The zero-order chi connectivity index (χ0) is 11.7. The summed E-state index contributed by atoms with van der Waals surface area (Å²) in [5, 5.41) is 9.78. The molecule has 16 heavy (non-hydrogen) atoms. The van der Waals surface area contributed by atoms with Crippen LogP contribution in [0.3, 0.4) is 0 Å². The molecule has 0 spiro atoms. The largest absolute Gasteiger partial charge is 0.506 e. The van der Waals surface area contributed by atoms with Gasteiger partial charge in [-0.2, -0.15) is 0 Å². The van der Waals surface area contributed by atoms with Crippen LogP contribution in [0.1, 0.15) is 5.69 Å². The average molecular weight is 238 g/mol. The summed E-state index contributed by atoms with van der Waals surface area (Å²) in [6.07, 6.45) is 0. The van der Waals surface area contributed by atoms with Crippen molar-refractivity contribution in [1.29, 1.82) is 0 Å². The topological polar surface area (TPSA) is 33.1 Å². The van der Waals surface area contributed by atoms with Gasteiger partial charge in [0, 0.05) is 10.6 Å². The van der Waals surface area contributed by atoms with Crippen LogP contribution in [0.15, 0.2) is 30.3 Å². The van der Waals surface area contributed by atoms with E-state index in [9.17, 15) is 9.50 Å². The summed E-state index contributed by atoms with van der Waals surface area (Å²) >= 11 is 5.79. The minimum Gasteiger partial charge on any atom is -0.506 e. The second kappa shape index (κ2) is 4.10. The lowest BCUT2D eigenvalue weighted by Crippen LogP contribution is -1.90. The molecular formula is C12H9ClFNO. The second-order valence-corrected chi connectivity index (χ2v) is 3.86. The van der Waals surface area contributed by atoms with Gasteiger partial charge < -0.3 is 5.11 Å². The number of aryl methyl sites for hydroxylation is 1. The zero-order valence-corrected chi connectivity index (χ0v) is 9.29. The first-order chi connectivity index (χ1) is 7.58. The molecule has 1 N–H and O–H groups in total. The molecule has 0 saturated heterocycles. The van der Waals surface area contributed by atoms with E-state index >= 15 is 0 Å².